The molecule has 1 aromatic carbocycles. The first-order valence-corrected chi connectivity index (χ1v) is 20.3. The van der Waals surface area contributed by atoms with Crippen LogP contribution in [-0.2, 0) is 40.9 Å². The second kappa shape index (κ2) is 13.3. The smallest absolute Gasteiger partial charge is 0.333 e. The van der Waals surface area contributed by atoms with E-state index >= 15 is 0 Å². The molecule has 5 heterocycles. The van der Waals surface area contributed by atoms with Crippen LogP contribution < -0.4 is 16.0 Å². The van der Waals surface area contributed by atoms with Gasteiger partial charge in [0.15, 0.2) is 15.6 Å². The highest BCUT2D eigenvalue weighted by molar-refractivity contribution is 7.93. The summed E-state index contributed by atoms with van der Waals surface area (Å²) in [6.07, 6.45) is 7.12. The van der Waals surface area contributed by atoms with Crippen molar-refractivity contribution in [2.75, 3.05) is 26.1 Å². The maximum absolute atomic E-state index is 14.9. The lowest BCUT2D eigenvalue weighted by Gasteiger charge is -2.32. The van der Waals surface area contributed by atoms with Crippen molar-refractivity contribution in [3.8, 4) is 10.8 Å². The summed E-state index contributed by atoms with van der Waals surface area (Å²) < 4.78 is 52.6. The van der Waals surface area contributed by atoms with Crippen molar-refractivity contribution in [3.63, 3.8) is 0 Å². The van der Waals surface area contributed by atoms with Crippen LogP contribution in [0.25, 0.3) is 15.2 Å². The van der Waals surface area contributed by atoms with Gasteiger partial charge in [-0.2, -0.15) is 10.2 Å². The van der Waals surface area contributed by atoms with E-state index in [0.717, 1.165) is 23.0 Å². The first kappa shape index (κ1) is 35.3. The standard InChI is InChI=1S/C36H43N5O9S2/c1-22-30-31(43)40(36(12-13-36)29(42)21-52(45,46)35(2)10-11-35)34(44)39(33(30)51-32(22)41-37-14-15-38-41)20-28(50-25-18-23-8-9-24(19-25)49-23)26-6-4-5-7-27(26)48-17-16-47-3/h4-7,14-15,23-25,28H,8-13,16-21H2,1-3H3/t23-,24+,25?,28-/m0/s1. The topological polar surface area (TPSA) is 163 Å². The molecule has 2 saturated carbocycles. The number of thiophene rings is 1. The lowest BCUT2D eigenvalue weighted by atomic mass is 10.0. The summed E-state index contributed by atoms with van der Waals surface area (Å²) in [5.74, 6) is -0.772. The van der Waals surface area contributed by atoms with E-state index in [4.69, 9.17) is 18.9 Å². The number of hydrogen-bond donors (Lipinski definition) is 0. The molecule has 278 valence electrons. The lowest BCUT2D eigenvalue weighted by molar-refractivity contribution is -0.121. The number of carbonyl (C=O) groups excluding carboxylic acids is 1. The van der Waals surface area contributed by atoms with Crippen LogP contribution in [0.1, 0.15) is 75.5 Å². The number of methoxy groups -OCH3 is 1. The van der Waals surface area contributed by atoms with Crippen molar-refractivity contribution >= 4 is 37.2 Å². The molecule has 4 fully saturated rings. The molecule has 8 rings (SSSR count). The largest absolute Gasteiger partial charge is 0.491 e. The Balaban J connectivity index is 1.27. The number of fused-ring (bicyclic) bond motifs is 3. The number of hydrogen-bond acceptors (Lipinski definition) is 12. The van der Waals surface area contributed by atoms with Crippen molar-refractivity contribution in [2.24, 2.45) is 0 Å². The van der Waals surface area contributed by atoms with Crippen LogP contribution in [0, 0.1) is 6.92 Å². The highest BCUT2D eigenvalue weighted by Crippen LogP contribution is 2.48. The molecule has 52 heavy (non-hydrogen) atoms. The van der Waals surface area contributed by atoms with Crippen molar-refractivity contribution in [1.29, 1.82) is 0 Å². The van der Waals surface area contributed by atoms with Crippen LogP contribution in [0.15, 0.2) is 46.2 Å². The van der Waals surface area contributed by atoms with Gasteiger partial charge in [0.2, 0.25) is 0 Å². The third-order valence-corrected chi connectivity index (χ3v) is 15.1. The molecule has 3 aromatic heterocycles. The predicted molar refractivity (Wildman–Crippen MR) is 192 cm³/mol. The Bertz CT molecular complexity index is 2220. The monoisotopic (exact) mass is 753 g/mol. The Morgan fingerprint density at radius 3 is 2.40 bits per heavy atom. The molecule has 2 saturated heterocycles. The molecule has 0 amide bonds. The zero-order valence-electron chi connectivity index (χ0n) is 29.5. The number of ketones is 1. The second-order valence-electron chi connectivity index (χ2n) is 14.8. The minimum absolute atomic E-state index is 0.0144. The molecule has 4 aliphatic rings. The average molecular weight is 754 g/mol. The molecule has 0 radical (unpaired) electrons. The van der Waals surface area contributed by atoms with Gasteiger partial charge < -0.3 is 18.9 Å². The number of Topliss-reactive ketones (excluding diaryl/α,β-unsaturated/α-hetero) is 1. The van der Waals surface area contributed by atoms with Gasteiger partial charge in [0.25, 0.3) is 5.56 Å². The van der Waals surface area contributed by atoms with E-state index < -0.39 is 49.0 Å². The molecule has 2 aliphatic carbocycles. The van der Waals surface area contributed by atoms with Crippen molar-refractivity contribution in [2.45, 2.75) is 106 Å². The van der Waals surface area contributed by atoms with Gasteiger partial charge in [-0.25, -0.2) is 17.8 Å². The molecule has 16 heteroatoms. The zero-order chi connectivity index (χ0) is 36.4. The first-order valence-electron chi connectivity index (χ1n) is 17.9. The fraction of sp³-hybridized carbons (Fsp3) is 0.583. The van der Waals surface area contributed by atoms with E-state index in [9.17, 15) is 22.8 Å². The molecule has 0 spiro atoms. The number of para-hydroxylation sites is 1. The normalized spacial score (nSPS) is 23.5. The van der Waals surface area contributed by atoms with Gasteiger partial charge in [-0.15, -0.1) is 4.80 Å². The number of rotatable bonds is 15. The SMILES string of the molecule is COCCOc1ccccc1[C@H](Cn1c(=O)n(C2(C(=O)CS(=O)(=O)C3(C)CC3)CC2)c(=O)c2c(C)c(-n3nccn3)sc21)OC1C[C@H]2CC[C@@H](C1)O2. The van der Waals surface area contributed by atoms with Crippen LogP contribution in [-0.4, -0.2) is 87.5 Å². The van der Waals surface area contributed by atoms with Gasteiger partial charge in [0.05, 0.1) is 54.0 Å². The zero-order valence-corrected chi connectivity index (χ0v) is 31.1. The average Bonchev–Trinajstić information content (AvgIpc) is 3.92. The Labute approximate surface area is 304 Å². The molecule has 4 atom stereocenters. The van der Waals surface area contributed by atoms with Crippen LogP contribution in [0.2, 0.25) is 0 Å². The van der Waals surface area contributed by atoms with Crippen LogP contribution in [0.5, 0.6) is 5.75 Å². The minimum Gasteiger partial charge on any atom is -0.491 e. The molecule has 2 aliphatic heterocycles. The van der Waals surface area contributed by atoms with Gasteiger partial charge in [0.1, 0.15) is 39.6 Å². The summed E-state index contributed by atoms with van der Waals surface area (Å²) in [6.45, 7) is 4.06. The molecular formula is C36H43N5O9S2. The van der Waals surface area contributed by atoms with Crippen molar-refractivity contribution in [3.05, 3.63) is 68.6 Å². The van der Waals surface area contributed by atoms with Gasteiger partial charge in [0, 0.05) is 18.2 Å². The molecule has 2 bridgehead atoms. The molecular weight excluding hydrogens is 711 g/mol. The number of aromatic nitrogens is 5. The van der Waals surface area contributed by atoms with Crippen LogP contribution in [0.3, 0.4) is 0 Å². The Morgan fingerprint density at radius 1 is 1.06 bits per heavy atom. The third kappa shape index (κ3) is 6.15. The summed E-state index contributed by atoms with van der Waals surface area (Å²) >= 11 is 1.20. The van der Waals surface area contributed by atoms with E-state index in [2.05, 4.69) is 10.2 Å². The second-order valence-corrected chi connectivity index (χ2v) is 18.3. The van der Waals surface area contributed by atoms with Crippen molar-refractivity contribution < 1.29 is 32.2 Å². The predicted octanol–water partition coefficient (Wildman–Crippen LogP) is 3.63. The first-order chi connectivity index (χ1) is 24.9. The van der Waals surface area contributed by atoms with E-state index in [1.165, 1.54) is 33.1 Å². The Hall–Kier alpha value is -3.70. The molecule has 14 nitrogen and oxygen atoms in total. The molecule has 1 unspecified atom stereocenters. The number of carbonyl (C=O) groups is 1. The molecule has 4 aromatic rings. The fourth-order valence-corrected chi connectivity index (χ4v) is 10.7. The number of aryl methyl sites for hydroxylation is 1. The number of nitrogens with zero attached hydrogens (tertiary/aromatic N) is 5. The van der Waals surface area contributed by atoms with Crippen molar-refractivity contribution in [1.82, 2.24) is 24.1 Å². The highest BCUT2D eigenvalue weighted by Gasteiger charge is 2.58. The van der Waals surface area contributed by atoms with E-state index in [1.54, 1.807) is 21.0 Å². The Kier molecular flexibility index (Phi) is 9.04. The third-order valence-electron chi connectivity index (χ3n) is 11.2. The van der Waals surface area contributed by atoms with Gasteiger partial charge in [-0.3, -0.25) is 14.2 Å². The highest BCUT2D eigenvalue weighted by atomic mass is 32.2. The van der Waals surface area contributed by atoms with Crippen LogP contribution >= 0.6 is 11.3 Å². The summed E-state index contributed by atoms with van der Waals surface area (Å²) in [6, 6.07) is 7.51. The fourth-order valence-electron chi connectivity index (χ4n) is 7.74. The lowest BCUT2D eigenvalue weighted by Crippen LogP contribution is -2.50. The van der Waals surface area contributed by atoms with E-state index in [-0.39, 0.29) is 43.1 Å². The maximum atomic E-state index is 14.9. The van der Waals surface area contributed by atoms with E-state index in [1.807, 2.05) is 24.3 Å². The minimum atomic E-state index is -3.78. The van der Waals surface area contributed by atoms with Gasteiger partial charge >= 0.3 is 5.69 Å². The van der Waals surface area contributed by atoms with Gasteiger partial charge in [-0.05, 0) is 71.3 Å². The number of sulfone groups is 1. The number of ether oxygens (including phenoxy) is 4. The summed E-state index contributed by atoms with van der Waals surface area (Å²) in [7, 11) is -2.18. The molecule has 0 N–H and O–H groups in total. The quantitative estimate of drug-likeness (QED) is 0.163. The summed E-state index contributed by atoms with van der Waals surface area (Å²) in [4.78, 5) is 45.3. The number of benzene rings is 1. The Morgan fingerprint density at radius 2 is 1.75 bits per heavy atom. The summed E-state index contributed by atoms with van der Waals surface area (Å²) in [5.41, 5.74) is -1.62. The summed E-state index contributed by atoms with van der Waals surface area (Å²) in [5, 5.41) is 9.38. The van der Waals surface area contributed by atoms with E-state index in [0.29, 0.717) is 60.0 Å². The van der Waals surface area contributed by atoms with Crippen LogP contribution in [0.4, 0.5) is 0 Å². The van der Waals surface area contributed by atoms with Gasteiger partial charge in [-0.1, -0.05) is 29.5 Å². The maximum Gasteiger partial charge on any atom is 0.333 e.